The van der Waals surface area contributed by atoms with Gasteiger partial charge in [-0.3, -0.25) is 4.79 Å². The Labute approximate surface area is 176 Å². The van der Waals surface area contributed by atoms with E-state index in [9.17, 15) is 9.59 Å². The predicted octanol–water partition coefficient (Wildman–Crippen LogP) is 3.65. The number of rotatable bonds is 6. The Morgan fingerprint density at radius 2 is 1.90 bits per heavy atom. The Balaban J connectivity index is 1.79. The molecule has 1 N–H and O–H groups in total. The molecule has 0 unspecified atom stereocenters. The second-order valence-corrected chi connectivity index (χ2v) is 7.37. The third-order valence-electron chi connectivity index (χ3n) is 5.38. The van der Waals surface area contributed by atoms with Gasteiger partial charge in [0.25, 0.3) is 0 Å². The van der Waals surface area contributed by atoms with Gasteiger partial charge in [0.05, 0.1) is 26.5 Å². The minimum atomic E-state index is -0.242. The van der Waals surface area contributed by atoms with Crippen molar-refractivity contribution in [2.45, 2.75) is 39.3 Å². The van der Waals surface area contributed by atoms with Crippen molar-refractivity contribution in [2.75, 3.05) is 32.6 Å². The number of methoxy groups -OCH3 is 2. The van der Waals surface area contributed by atoms with Crippen LogP contribution in [0.4, 0.5) is 10.5 Å². The van der Waals surface area contributed by atoms with Crippen LogP contribution in [-0.4, -0.2) is 55.1 Å². The molecule has 0 saturated carbocycles. The number of amides is 3. The first-order valence-electron chi connectivity index (χ1n) is 10.0. The van der Waals surface area contributed by atoms with Crippen LogP contribution in [0, 0.1) is 6.92 Å². The van der Waals surface area contributed by atoms with Crippen LogP contribution in [0.25, 0.3) is 0 Å². The number of furan rings is 1. The van der Waals surface area contributed by atoms with Crippen LogP contribution in [0.3, 0.4) is 0 Å². The summed E-state index contributed by atoms with van der Waals surface area (Å²) in [5, 5.41) is 2.96. The molecule has 0 atom stereocenters. The maximum Gasteiger partial charge on any atom is 0.322 e. The monoisotopic (exact) mass is 415 g/mol. The average Bonchev–Trinajstić information content (AvgIpc) is 3.17. The topological polar surface area (TPSA) is 84.3 Å². The lowest BCUT2D eigenvalue weighted by molar-refractivity contribution is -0.130. The zero-order valence-electron chi connectivity index (χ0n) is 17.9. The molecule has 3 amide bonds. The van der Waals surface area contributed by atoms with E-state index in [0.717, 1.165) is 11.5 Å². The molecule has 8 heteroatoms. The summed E-state index contributed by atoms with van der Waals surface area (Å²) in [6.07, 6.45) is 1.43. The molecule has 2 aromatic rings. The van der Waals surface area contributed by atoms with Gasteiger partial charge in [0.1, 0.15) is 23.0 Å². The standard InChI is InChI=1S/C22H29N3O5/c1-15-5-6-19(30-15)14-25(17-9-11-24(12-10-17)16(2)26)22(27)23-20-8-7-18(28-3)13-21(20)29-4/h5-8,13,17H,9-12,14H2,1-4H3,(H,23,27). The Bertz CT molecular complexity index is 887. The van der Waals surface area contributed by atoms with Crippen LogP contribution in [0.1, 0.15) is 31.3 Å². The molecule has 2 heterocycles. The lowest BCUT2D eigenvalue weighted by Crippen LogP contribution is -2.49. The van der Waals surface area contributed by atoms with E-state index in [-0.39, 0.29) is 18.0 Å². The minimum absolute atomic E-state index is 0.00440. The van der Waals surface area contributed by atoms with Gasteiger partial charge < -0.3 is 29.0 Å². The molecule has 1 aliphatic heterocycles. The third kappa shape index (κ3) is 5.06. The van der Waals surface area contributed by atoms with Crippen LogP contribution in [0.5, 0.6) is 11.5 Å². The van der Waals surface area contributed by atoms with Crippen LogP contribution >= 0.6 is 0 Å². The zero-order valence-corrected chi connectivity index (χ0v) is 17.9. The van der Waals surface area contributed by atoms with E-state index in [2.05, 4.69) is 5.32 Å². The molecular weight excluding hydrogens is 386 g/mol. The molecule has 1 aliphatic rings. The van der Waals surface area contributed by atoms with Gasteiger partial charge in [-0.25, -0.2) is 4.79 Å². The summed E-state index contributed by atoms with van der Waals surface area (Å²) < 4.78 is 16.3. The van der Waals surface area contributed by atoms with Gasteiger partial charge in [-0.2, -0.15) is 0 Å². The van der Waals surface area contributed by atoms with Crippen molar-refractivity contribution in [2.24, 2.45) is 0 Å². The van der Waals surface area contributed by atoms with Gasteiger partial charge in [0.2, 0.25) is 5.91 Å². The van der Waals surface area contributed by atoms with Gasteiger partial charge in [-0.05, 0) is 44.0 Å². The van der Waals surface area contributed by atoms with Crippen molar-refractivity contribution in [3.8, 4) is 11.5 Å². The molecule has 0 aliphatic carbocycles. The van der Waals surface area contributed by atoms with E-state index in [0.29, 0.717) is 49.7 Å². The first kappa shape index (κ1) is 21.5. The predicted molar refractivity (Wildman–Crippen MR) is 113 cm³/mol. The van der Waals surface area contributed by atoms with Crippen LogP contribution in [0.2, 0.25) is 0 Å². The molecule has 8 nitrogen and oxygen atoms in total. The fourth-order valence-corrected chi connectivity index (χ4v) is 3.69. The number of benzene rings is 1. The highest BCUT2D eigenvalue weighted by Gasteiger charge is 2.30. The molecule has 0 spiro atoms. The molecule has 1 aromatic carbocycles. The van der Waals surface area contributed by atoms with Crippen LogP contribution in [0.15, 0.2) is 34.7 Å². The van der Waals surface area contributed by atoms with Gasteiger partial charge in [-0.15, -0.1) is 0 Å². The van der Waals surface area contributed by atoms with Crippen molar-refractivity contribution >= 4 is 17.6 Å². The van der Waals surface area contributed by atoms with E-state index >= 15 is 0 Å². The highest BCUT2D eigenvalue weighted by molar-refractivity contribution is 5.91. The average molecular weight is 415 g/mol. The normalized spacial score (nSPS) is 14.3. The molecule has 1 fully saturated rings. The Morgan fingerprint density at radius 1 is 1.17 bits per heavy atom. The molecular formula is C22H29N3O5. The molecule has 30 heavy (non-hydrogen) atoms. The summed E-state index contributed by atoms with van der Waals surface area (Å²) in [6, 6.07) is 8.77. The first-order chi connectivity index (χ1) is 14.4. The number of carbonyl (C=O) groups is 2. The number of hydrogen-bond donors (Lipinski definition) is 1. The van der Waals surface area contributed by atoms with Gasteiger partial charge in [0, 0.05) is 32.1 Å². The summed E-state index contributed by atoms with van der Waals surface area (Å²) in [6.45, 7) is 5.07. The number of aryl methyl sites for hydroxylation is 1. The number of ether oxygens (including phenoxy) is 2. The Morgan fingerprint density at radius 3 is 2.47 bits per heavy atom. The molecule has 0 radical (unpaired) electrons. The summed E-state index contributed by atoms with van der Waals surface area (Å²) in [7, 11) is 3.12. The summed E-state index contributed by atoms with van der Waals surface area (Å²) in [4.78, 5) is 28.5. The fraction of sp³-hybridized carbons (Fsp3) is 0.455. The number of anilines is 1. The number of carbonyl (C=O) groups excluding carboxylic acids is 2. The Hall–Kier alpha value is -3.16. The van der Waals surface area contributed by atoms with Crippen LogP contribution in [-0.2, 0) is 11.3 Å². The minimum Gasteiger partial charge on any atom is -0.497 e. The lowest BCUT2D eigenvalue weighted by atomic mass is 10.0. The molecule has 1 aromatic heterocycles. The highest BCUT2D eigenvalue weighted by atomic mass is 16.5. The summed E-state index contributed by atoms with van der Waals surface area (Å²) in [5.41, 5.74) is 0.560. The smallest absolute Gasteiger partial charge is 0.322 e. The summed E-state index contributed by atoms with van der Waals surface area (Å²) >= 11 is 0. The van der Waals surface area contributed by atoms with Gasteiger partial charge in [0.15, 0.2) is 0 Å². The van der Waals surface area contributed by atoms with Crippen LogP contribution < -0.4 is 14.8 Å². The van der Waals surface area contributed by atoms with E-state index < -0.39 is 0 Å². The Kier molecular flexibility index (Phi) is 6.87. The number of nitrogens with zero attached hydrogens (tertiary/aromatic N) is 2. The maximum absolute atomic E-state index is 13.3. The van der Waals surface area contributed by atoms with E-state index in [4.69, 9.17) is 13.9 Å². The van der Waals surface area contributed by atoms with E-state index in [1.807, 2.05) is 24.0 Å². The van der Waals surface area contributed by atoms with E-state index in [1.165, 1.54) is 0 Å². The molecule has 0 bridgehead atoms. The number of likely N-dealkylation sites (tertiary alicyclic amines) is 1. The van der Waals surface area contributed by atoms with Gasteiger partial charge >= 0.3 is 6.03 Å². The third-order valence-corrected chi connectivity index (χ3v) is 5.38. The first-order valence-corrected chi connectivity index (χ1v) is 10.0. The number of piperidine rings is 1. The molecule has 162 valence electrons. The number of urea groups is 1. The maximum atomic E-state index is 13.3. The second kappa shape index (κ2) is 9.56. The quantitative estimate of drug-likeness (QED) is 0.779. The van der Waals surface area contributed by atoms with Crippen molar-refractivity contribution in [3.05, 3.63) is 41.9 Å². The van der Waals surface area contributed by atoms with Crippen molar-refractivity contribution in [1.82, 2.24) is 9.80 Å². The van der Waals surface area contributed by atoms with Crippen molar-refractivity contribution in [3.63, 3.8) is 0 Å². The van der Waals surface area contributed by atoms with E-state index in [1.54, 1.807) is 44.2 Å². The number of hydrogen-bond acceptors (Lipinski definition) is 5. The fourth-order valence-electron chi connectivity index (χ4n) is 3.69. The zero-order chi connectivity index (χ0) is 21.7. The molecule has 1 saturated heterocycles. The summed E-state index contributed by atoms with van der Waals surface area (Å²) in [5.74, 6) is 2.74. The van der Waals surface area contributed by atoms with Crippen molar-refractivity contribution < 1.29 is 23.5 Å². The second-order valence-electron chi connectivity index (χ2n) is 7.37. The largest absolute Gasteiger partial charge is 0.497 e. The van der Waals surface area contributed by atoms with Gasteiger partial charge in [-0.1, -0.05) is 0 Å². The SMILES string of the molecule is COc1ccc(NC(=O)N(Cc2ccc(C)o2)C2CCN(C(C)=O)CC2)c(OC)c1. The molecule has 3 rings (SSSR count). The highest BCUT2D eigenvalue weighted by Crippen LogP contribution is 2.30. The van der Waals surface area contributed by atoms with Crippen molar-refractivity contribution in [1.29, 1.82) is 0 Å². The number of nitrogens with one attached hydrogen (secondary N) is 1. The lowest BCUT2D eigenvalue weighted by Gasteiger charge is -2.38.